The van der Waals surface area contributed by atoms with Crippen LogP contribution in [0.1, 0.15) is 37.3 Å². The van der Waals surface area contributed by atoms with Crippen molar-refractivity contribution in [3.8, 4) is 17.2 Å². The van der Waals surface area contributed by atoms with Gasteiger partial charge in [-0.25, -0.2) is 4.39 Å². The van der Waals surface area contributed by atoms with E-state index in [9.17, 15) is 14.0 Å². The molecule has 6 rings (SSSR count). The standard InChI is InChI=1S/C35H37ClFN3O5.CH2O2/c1-22(41)39-20-26-18-30(24-6-11-28(12-7-24)44-14-15-45-33-17-25(37)8-13-31(33)36)34(32(21-39)38-26)35(42)40(27-9-10-27)19-23-4-3-5-29(16-23)43-2;2-1-3/h3-8,11-13,16-17,26-27,32,38H,9-10,14-15,18-21H2,1-2H3;1H,(H,2,3). The molecule has 0 aromatic heterocycles. The molecule has 2 unspecified atom stereocenters. The van der Waals surface area contributed by atoms with Gasteiger partial charge in [0, 0.05) is 50.3 Å². The number of ether oxygens (including phenoxy) is 3. The number of hydrogen-bond acceptors (Lipinski definition) is 7. The summed E-state index contributed by atoms with van der Waals surface area (Å²) in [5, 5.41) is 10.9. The summed E-state index contributed by atoms with van der Waals surface area (Å²) >= 11 is 6.08. The number of nitrogens with one attached hydrogen (secondary N) is 1. The molecule has 2 bridgehead atoms. The fourth-order valence-corrected chi connectivity index (χ4v) is 6.32. The van der Waals surface area contributed by atoms with Crippen LogP contribution >= 0.6 is 11.6 Å². The smallest absolute Gasteiger partial charge is 0.290 e. The van der Waals surface area contributed by atoms with Crippen LogP contribution in [0.4, 0.5) is 4.39 Å². The Morgan fingerprint density at radius 1 is 1.04 bits per heavy atom. The highest BCUT2D eigenvalue weighted by molar-refractivity contribution is 6.32. The normalized spacial score (nSPS) is 18.3. The van der Waals surface area contributed by atoms with E-state index < -0.39 is 5.82 Å². The molecular formula is C36H39ClFN3O7. The maximum Gasteiger partial charge on any atom is 0.290 e. The molecule has 10 nitrogen and oxygen atoms in total. The summed E-state index contributed by atoms with van der Waals surface area (Å²) in [4.78, 5) is 39.1. The third-order valence-corrected chi connectivity index (χ3v) is 8.83. The SMILES string of the molecule is COc1cccc(CN(C(=O)C2=C(c3ccc(OCCOc4cc(F)ccc4Cl)cc3)CC3CN(C(C)=O)CC2N3)C2CC2)c1.O=CO. The summed E-state index contributed by atoms with van der Waals surface area (Å²) in [6.45, 7) is 3.31. The number of carbonyl (C=O) groups is 3. The number of hydrogen-bond donors (Lipinski definition) is 2. The first-order valence-corrected chi connectivity index (χ1v) is 16.2. The lowest BCUT2D eigenvalue weighted by Gasteiger charge is -2.44. The van der Waals surface area contributed by atoms with E-state index in [1.807, 2.05) is 58.3 Å². The van der Waals surface area contributed by atoms with E-state index in [1.54, 1.807) is 14.0 Å². The molecular weight excluding hydrogens is 641 g/mol. The molecule has 0 spiro atoms. The first-order chi connectivity index (χ1) is 23.2. The minimum Gasteiger partial charge on any atom is -0.497 e. The average Bonchev–Trinajstić information content (AvgIpc) is 3.93. The summed E-state index contributed by atoms with van der Waals surface area (Å²) < 4.78 is 30.4. The Morgan fingerprint density at radius 3 is 2.46 bits per heavy atom. The molecule has 12 heteroatoms. The summed E-state index contributed by atoms with van der Waals surface area (Å²) in [6, 6.07) is 19.5. The second-order valence-corrected chi connectivity index (χ2v) is 12.3. The van der Waals surface area contributed by atoms with E-state index in [2.05, 4.69) is 5.32 Å². The molecule has 2 fully saturated rings. The molecule has 1 aliphatic carbocycles. The molecule has 1 saturated heterocycles. The van der Waals surface area contributed by atoms with Gasteiger partial charge in [-0.3, -0.25) is 14.4 Å². The van der Waals surface area contributed by atoms with Crippen LogP contribution in [0, 0.1) is 5.82 Å². The van der Waals surface area contributed by atoms with Gasteiger partial charge in [-0.2, -0.15) is 0 Å². The van der Waals surface area contributed by atoms with Crippen LogP contribution in [0.5, 0.6) is 17.2 Å². The molecule has 2 amide bonds. The molecule has 3 aromatic carbocycles. The van der Waals surface area contributed by atoms with Crippen molar-refractivity contribution in [2.24, 2.45) is 0 Å². The average molecular weight is 680 g/mol. The van der Waals surface area contributed by atoms with E-state index in [0.717, 1.165) is 40.9 Å². The predicted molar refractivity (Wildman–Crippen MR) is 179 cm³/mol. The van der Waals surface area contributed by atoms with Crippen LogP contribution in [0.15, 0.2) is 72.3 Å². The van der Waals surface area contributed by atoms with Gasteiger partial charge in [0.05, 0.1) is 18.2 Å². The first kappa shape index (κ1) is 34.7. The molecule has 254 valence electrons. The fraction of sp³-hybridized carbons (Fsp3) is 0.361. The number of piperazine rings is 1. The van der Waals surface area contributed by atoms with Gasteiger partial charge in [-0.1, -0.05) is 35.9 Å². The van der Waals surface area contributed by atoms with Crippen LogP contribution in [0.25, 0.3) is 5.57 Å². The van der Waals surface area contributed by atoms with Crippen molar-refractivity contribution in [2.45, 2.75) is 50.9 Å². The number of halogens is 2. The van der Waals surface area contributed by atoms with Crippen molar-refractivity contribution in [2.75, 3.05) is 33.4 Å². The quantitative estimate of drug-likeness (QED) is 0.210. The third kappa shape index (κ3) is 8.64. The molecule has 2 aliphatic heterocycles. The Hall–Kier alpha value is -4.61. The van der Waals surface area contributed by atoms with Gasteiger partial charge in [0.1, 0.15) is 36.3 Å². The zero-order chi connectivity index (χ0) is 34.2. The van der Waals surface area contributed by atoms with Crippen LogP contribution in [-0.2, 0) is 20.9 Å². The predicted octanol–water partition coefficient (Wildman–Crippen LogP) is 5.18. The van der Waals surface area contributed by atoms with E-state index >= 15 is 0 Å². The number of benzene rings is 3. The summed E-state index contributed by atoms with van der Waals surface area (Å²) in [7, 11) is 1.64. The highest BCUT2D eigenvalue weighted by Gasteiger charge is 2.43. The Balaban J connectivity index is 0.00000145. The molecule has 0 radical (unpaired) electrons. The highest BCUT2D eigenvalue weighted by atomic mass is 35.5. The minimum absolute atomic E-state index is 0.00477. The van der Waals surface area contributed by atoms with Gasteiger partial charge in [0.15, 0.2) is 0 Å². The maximum atomic E-state index is 14.5. The van der Waals surface area contributed by atoms with E-state index in [1.165, 1.54) is 18.2 Å². The number of carbonyl (C=O) groups excluding carboxylic acids is 2. The Morgan fingerprint density at radius 2 is 1.77 bits per heavy atom. The third-order valence-electron chi connectivity index (χ3n) is 8.52. The zero-order valence-electron chi connectivity index (χ0n) is 26.9. The van der Waals surface area contributed by atoms with Crippen LogP contribution in [-0.4, -0.2) is 84.7 Å². The molecule has 2 atom stereocenters. The molecule has 48 heavy (non-hydrogen) atoms. The lowest BCUT2D eigenvalue weighted by molar-refractivity contribution is -0.132. The second kappa shape index (κ2) is 16.0. The van der Waals surface area contributed by atoms with Gasteiger partial charge >= 0.3 is 0 Å². The molecule has 2 heterocycles. The van der Waals surface area contributed by atoms with Crippen molar-refractivity contribution in [1.82, 2.24) is 15.1 Å². The molecule has 3 aromatic rings. The topological polar surface area (TPSA) is 118 Å². The number of methoxy groups -OCH3 is 1. The molecule has 3 aliphatic rings. The number of fused-ring (bicyclic) bond motifs is 2. The maximum absolute atomic E-state index is 14.5. The van der Waals surface area contributed by atoms with Crippen molar-refractivity contribution in [1.29, 1.82) is 0 Å². The lowest BCUT2D eigenvalue weighted by Crippen LogP contribution is -2.61. The monoisotopic (exact) mass is 679 g/mol. The van der Waals surface area contributed by atoms with Crippen molar-refractivity contribution in [3.63, 3.8) is 0 Å². The van der Waals surface area contributed by atoms with Crippen LogP contribution in [0.3, 0.4) is 0 Å². The fourth-order valence-electron chi connectivity index (χ4n) is 6.15. The number of rotatable bonds is 11. The Bertz CT molecular complexity index is 1650. The van der Waals surface area contributed by atoms with Crippen molar-refractivity contribution < 1.29 is 38.1 Å². The second-order valence-electron chi connectivity index (χ2n) is 11.9. The zero-order valence-corrected chi connectivity index (χ0v) is 27.6. The Kier molecular flexibility index (Phi) is 11.6. The largest absolute Gasteiger partial charge is 0.497 e. The number of nitrogens with zero attached hydrogens (tertiary/aromatic N) is 2. The summed E-state index contributed by atoms with van der Waals surface area (Å²) in [5.74, 6) is 1.28. The number of amides is 2. The minimum atomic E-state index is -0.422. The van der Waals surface area contributed by atoms with Crippen molar-refractivity contribution in [3.05, 3.63) is 94.3 Å². The Labute approximate surface area is 284 Å². The van der Waals surface area contributed by atoms with E-state index in [0.29, 0.717) is 36.8 Å². The summed E-state index contributed by atoms with van der Waals surface area (Å²) in [6.07, 6.45) is 2.57. The van der Waals surface area contributed by atoms with Gasteiger partial charge < -0.3 is 34.4 Å². The van der Waals surface area contributed by atoms with Gasteiger partial charge in [0.25, 0.3) is 12.4 Å². The highest BCUT2D eigenvalue weighted by Crippen LogP contribution is 2.38. The van der Waals surface area contributed by atoms with Crippen molar-refractivity contribution >= 4 is 35.5 Å². The van der Waals surface area contributed by atoms with Crippen LogP contribution < -0.4 is 19.5 Å². The van der Waals surface area contributed by atoms with Gasteiger partial charge in [-0.15, -0.1) is 0 Å². The number of carboxylic acid groups (broad SMARTS) is 1. The molecule has 1 saturated carbocycles. The van der Waals surface area contributed by atoms with E-state index in [-0.39, 0.29) is 55.4 Å². The first-order valence-electron chi connectivity index (χ1n) is 15.8. The van der Waals surface area contributed by atoms with E-state index in [4.69, 9.17) is 35.7 Å². The van der Waals surface area contributed by atoms with Gasteiger partial charge in [0.2, 0.25) is 5.91 Å². The lowest BCUT2D eigenvalue weighted by atomic mass is 9.82. The summed E-state index contributed by atoms with van der Waals surface area (Å²) in [5.41, 5.74) is 3.70. The molecule has 2 N–H and O–H groups in total. The van der Waals surface area contributed by atoms with Gasteiger partial charge in [-0.05, 0) is 72.4 Å². The van der Waals surface area contributed by atoms with Crippen LogP contribution in [0.2, 0.25) is 5.02 Å².